The van der Waals surface area contributed by atoms with Crippen molar-refractivity contribution in [3.8, 4) is 0 Å². The number of rotatable bonds is 2. The van der Waals surface area contributed by atoms with Crippen LogP contribution >= 0.6 is 0 Å². The summed E-state index contributed by atoms with van der Waals surface area (Å²) in [6, 6.07) is 4.30. The average Bonchev–Trinajstić information content (AvgIpc) is 2.90. The number of hydrogen-bond acceptors (Lipinski definition) is 3. The Labute approximate surface area is 116 Å². The minimum absolute atomic E-state index is 0.00116. The average molecular weight is 280 g/mol. The molecule has 0 saturated carbocycles. The molecule has 20 heavy (non-hydrogen) atoms. The van der Waals surface area contributed by atoms with Crippen LogP contribution in [-0.4, -0.2) is 41.5 Å². The van der Waals surface area contributed by atoms with E-state index in [1.54, 1.807) is 13.0 Å². The summed E-state index contributed by atoms with van der Waals surface area (Å²) in [5.74, 6) is -2.11. The van der Waals surface area contributed by atoms with Crippen molar-refractivity contribution >= 4 is 17.5 Å². The van der Waals surface area contributed by atoms with Gasteiger partial charge in [-0.05, 0) is 31.0 Å². The van der Waals surface area contributed by atoms with Gasteiger partial charge in [-0.25, -0.2) is 4.39 Å². The minimum Gasteiger partial charge on any atom is -0.396 e. The van der Waals surface area contributed by atoms with Crippen LogP contribution in [-0.2, 0) is 9.59 Å². The Morgan fingerprint density at radius 3 is 2.90 bits per heavy atom. The molecule has 1 aliphatic heterocycles. The number of aliphatic hydroxyl groups is 1. The monoisotopic (exact) mass is 280 g/mol. The Bertz CT molecular complexity index is 533. The number of aryl methyl sites for hydroxylation is 1. The second kappa shape index (κ2) is 6.00. The number of anilines is 1. The molecule has 0 radical (unpaired) electrons. The molecule has 0 aliphatic carbocycles. The summed E-state index contributed by atoms with van der Waals surface area (Å²) >= 11 is 0. The van der Waals surface area contributed by atoms with E-state index in [0.29, 0.717) is 19.5 Å². The van der Waals surface area contributed by atoms with Gasteiger partial charge in [-0.3, -0.25) is 9.59 Å². The van der Waals surface area contributed by atoms with Crippen molar-refractivity contribution in [2.75, 3.05) is 25.0 Å². The van der Waals surface area contributed by atoms with Crippen molar-refractivity contribution in [1.82, 2.24) is 4.90 Å². The van der Waals surface area contributed by atoms with Crippen LogP contribution in [0.2, 0.25) is 0 Å². The molecule has 1 aromatic rings. The third-order valence-corrected chi connectivity index (χ3v) is 3.40. The van der Waals surface area contributed by atoms with Gasteiger partial charge in [-0.2, -0.15) is 0 Å². The first-order valence-electron chi connectivity index (χ1n) is 6.48. The van der Waals surface area contributed by atoms with Crippen molar-refractivity contribution in [3.05, 3.63) is 29.6 Å². The number of hydrogen-bond donors (Lipinski definition) is 2. The van der Waals surface area contributed by atoms with E-state index in [1.807, 2.05) is 0 Å². The zero-order valence-electron chi connectivity index (χ0n) is 11.2. The first kappa shape index (κ1) is 14.5. The van der Waals surface area contributed by atoms with Crippen LogP contribution in [0, 0.1) is 18.7 Å². The number of nitrogens with zero attached hydrogens (tertiary/aromatic N) is 1. The summed E-state index contributed by atoms with van der Waals surface area (Å²) in [5, 5.41) is 11.3. The molecule has 0 bridgehead atoms. The number of carbonyl (C=O) groups excluding carboxylic acids is 2. The molecular weight excluding hydrogens is 263 g/mol. The van der Waals surface area contributed by atoms with Crippen LogP contribution in [0.1, 0.15) is 12.0 Å². The SMILES string of the molecule is Cc1ccc(F)c(NC(=O)C(=O)N2CCC(CO)C2)c1. The second-order valence-electron chi connectivity index (χ2n) is 5.03. The van der Waals surface area contributed by atoms with E-state index in [-0.39, 0.29) is 18.2 Å². The van der Waals surface area contributed by atoms with Gasteiger partial charge in [0.05, 0.1) is 5.69 Å². The number of nitrogens with one attached hydrogen (secondary N) is 1. The summed E-state index contributed by atoms with van der Waals surface area (Å²) in [4.78, 5) is 25.1. The maximum Gasteiger partial charge on any atom is 0.313 e. The summed E-state index contributed by atoms with van der Waals surface area (Å²) in [6.45, 7) is 2.56. The number of benzene rings is 1. The zero-order chi connectivity index (χ0) is 14.7. The molecule has 2 rings (SSSR count). The molecule has 1 saturated heterocycles. The van der Waals surface area contributed by atoms with Crippen LogP contribution < -0.4 is 5.32 Å². The van der Waals surface area contributed by atoms with E-state index in [2.05, 4.69) is 5.32 Å². The molecule has 1 fully saturated rings. The molecule has 1 aromatic carbocycles. The summed E-state index contributed by atoms with van der Waals surface area (Å²) < 4.78 is 13.5. The molecular formula is C14H17FN2O3. The van der Waals surface area contributed by atoms with E-state index >= 15 is 0 Å². The largest absolute Gasteiger partial charge is 0.396 e. The zero-order valence-corrected chi connectivity index (χ0v) is 11.2. The third kappa shape index (κ3) is 3.14. The molecule has 5 nitrogen and oxygen atoms in total. The van der Waals surface area contributed by atoms with Crippen molar-refractivity contribution in [1.29, 1.82) is 0 Å². The van der Waals surface area contributed by atoms with E-state index in [4.69, 9.17) is 5.11 Å². The van der Waals surface area contributed by atoms with Crippen LogP contribution in [0.4, 0.5) is 10.1 Å². The molecule has 1 heterocycles. The lowest BCUT2D eigenvalue weighted by Gasteiger charge is -2.15. The number of aliphatic hydroxyl groups excluding tert-OH is 1. The Morgan fingerprint density at radius 2 is 2.25 bits per heavy atom. The van der Waals surface area contributed by atoms with Crippen LogP contribution in [0.3, 0.4) is 0 Å². The van der Waals surface area contributed by atoms with Crippen molar-refractivity contribution in [3.63, 3.8) is 0 Å². The molecule has 2 N–H and O–H groups in total. The van der Waals surface area contributed by atoms with Gasteiger partial charge in [-0.15, -0.1) is 0 Å². The highest BCUT2D eigenvalue weighted by Crippen LogP contribution is 2.18. The molecule has 6 heteroatoms. The van der Waals surface area contributed by atoms with Gasteiger partial charge in [-0.1, -0.05) is 6.07 Å². The Kier molecular flexibility index (Phi) is 4.34. The predicted molar refractivity (Wildman–Crippen MR) is 71.5 cm³/mol. The Balaban J connectivity index is 2.01. The van der Waals surface area contributed by atoms with E-state index in [1.165, 1.54) is 17.0 Å². The van der Waals surface area contributed by atoms with Gasteiger partial charge < -0.3 is 15.3 Å². The first-order chi connectivity index (χ1) is 9.51. The van der Waals surface area contributed by atoms with Crippen molar-refractivity contribution in [2.24, 2.45) is 5.92 Å². The maximum absolute atomic E-state index is 13.5. The second-order valence-corrected chi connectivity index (χ2v) is 5.03. The lowest BCUT2D eigenvalue weighted by molar-refractivity contribution is -0.142. The van der Waals surface area contributed by atoms with Gasteiger partial charge in [0.2, 0.25) is 0 Å². The lowest BCUT2D eigenvalue weighted by Crippen LogP contribution is -2.38. The summed E-state index contributed by atoms with van der Waals surface area (Å²) in [5.41, 5.74) is 0.789. The van der Waals surface area contributed by atoms with E-state index in [0.717, 1.165) is 5.56 Å². The standard InChI is InChI=1S/C14H17FN2O3/c1-9-2-3-11(15)12(6-9)16-13(19)14(20)17-5-4-10(7-17)8-18/h2-3,6,10,18H,4-5,7-8H2,1H3,(H,16,19). The van der Waals surface area contributed by atoms with Gasteiger partial charge >= 0.3 is 11.8 Å². The van der Waals surface area contributed by atoms with Gasteiger partial charge in [0.1, 0.15) is 5.82 Å². The normalized spacial score (nSPS) is 18.1. The molecule has 2 amide bonds. The fourth-order valence-corrected chi connectivity index (χ4v) is 2.22. The highest BCUT2D eigenvalue weighted by Gasteiger charge is 2.29. The first-order valence-corrected chi connectivity index (χ1v) is 6.48. The topological polar surface area (TPSA) is 69.6 Å². The highest BCUT2D eigenvalue weighted by molar-refractivity contribution is 6.39. The number of halogens is 1. The van der Waals surface area contributed by atoms with Crippen LogP contribution in [0.5, 0.6) is 0 Å². The van der Waals surface area contributed by atoms with Crippen molar-refractivity contribution in [2.45, 2.75) is 13.3 Å². The third-order valence-electron chi connectivity index (χ3n) is 3.40. The van der Waals surface area contributed by atoms with Gasteiger partial charge in [0, 0.05) is 25.6 Å². The summed E-state index contributed by atoms with van der Waals surface area (Å²) in [7, 11) is 0. The summed E-state index contributed by atoms with van der Waals surface area (Å²) in [6.07, 6.45) is 0.675. The van der Waals surface area contributed by atoms with Gasteiger partial charge in [0.25, 0.3) is 0 Å². The molecule has 1 atom stereocenters. The number of amides is 2. The number of likely N-dealkylation sites (tertiary alicyclic amines) is 1. The van der Waals surface area contributed by atoms with Crippen molar-refractivity contribution < 1.29 is 19.1 Å². The van der Waals surface area contributed by atoms with E-state index < -0.39 is 17.6 Å². The van der Waals surface area contributed by atoms with Gasteiger partial charge in [0.15, 0.2) is 0 Å². The number of carbonyl (C=O) groups is 2. The molecule has 0 aromatic heterocycles. The highest BCUT2D eigenvalue weighted by atomic mass is 19.1. The lowest BCUT2D eigenvalue weighted by atomic mass is 10.1. The smallest absolute Gasteiger partial charge is 0.313 e. The Morgan fingerprint density at radius 1 is 1.50 bits per heavy atom. The maximum atomic E-state index is 13.5. The molecule has 108 valence electrons. The minimum atomic E-state index is -0.854. The fraction of sp³-hybridized carbons (Fsp3) is 0.429. The molecule has 1 unspecified atom stereocenters. The molecule has 1 aliphatic rings. The molecule has 0 spiro atoms. The predicted octanol–water partition coefficient (Wildman–Crippen LogP) is 0.913. The Hall–Kier alpha value is -1.95. The quantitative estimate of drug-likeness (QED) is 0.791. The van der Waals surface area contributed by atoms with E-state index in [9.17, 15) is 14.0 Å². The van der Waals surface area contributed by atoms with Crippen LogP contribution in [0.15, 0.2) is 18.2 Å². The van der Waals surface area contributed by atoms with Crippen LogP contribution in [0.25, 0.3) is 0 Å². The fourth-order valence-electron chi connectivity index (χ4n) is 2.22.